The molecule has 2 atom stereocenters. The average molecular weight is 401 g/mol. The highest BCUT2D eigenvalue weighted by molar-refractivity contribution is 7.36. The molecular weight excluding hydrogens is 375 g/mol. The summed E-state index contributed by atoms with van der Waals surface area (Å²) in [6.07, 6.45) is 2.33. The molecule has 0 aliphatic rings. The fraction of sp³-hybridized carbons (Fsp3) is 0.667. The van der Waals surface area contributed by atoms with Crippen LogP contribution in [0.2, 0.25) is 0 Å². The van der Waals surface area contributed by atoms with E-state index in [-0.39, 0.29) is 19.4 Å². The summed E-state index contributed by atoms with van der Waals surface area (Å²) in [5, 5.41) is 2.71. The van der Waals surface area contributed by atoms with E-state index >= 15 is 0 Å². The lowest BCUT2D eigenvalue weighted by Gasteiger charge is -2.14. The lowest BCUT2D eigenvalue weighted by molar-refractivity contribution is -0.131. The molecule has 12 heteroatoms. The average Bonchev–Trinajstić information content (AvgIpc) is 3.04. The third-order valence-electron chi connectivity index (χ3n) is 3.50. The van der Waals surface area contributed by atoms with Crippen molar-refractivity contribution in [3.05, 3.63) is 12.7 Å². The van der Waals surface area contributed by atoms with Crippen molar-refractivity contribution >= 4 is 25.2 Å². The maximum atomic E-state index is 11.8. The lowest BCUT2D eigenvalue weighted by Crippen LogP contribution is -2.28. The van der Waals surface area contributed by atoms with Gasteiger partial charge in [0.1, 0.15) is 11.8 Å². The highest BCUT2D eigenvalue weighted by Gasteiger charge is 2.21. The largest absolute Gasteiger partial charge is 0.615 e. The van der Waals surface area contributed by atoms with Crippen LogP contribution in [-0.4, -0.2) is 58.5 Å². The Morgan fingerprint density at radius 2 is 1.96 bits per heavy atom. The number of nitrogens with two attached hydrogens (primary N) is 1. The first-order chi connectivity index (χ1) is 13.0. The number of ether oxygens (including phenoxy) is 3. The molecule has 2 rings (SSSR count). The minimum absolute atomic E-state index is 0.124. The highest BCUT2D eigenvalue weighted by atomic mass is 31.1. The molecule has 2 heterocycles. The summed E-state index contributed by atoms with van der Waals surface area (Å²) >= 11 is 0. The van der Waals surface area contributed by atoms with Gasteiger partial charge >= 0.3 is 8.18 Å². The molecule has 0 saturated carbocycles. The second-order valence-corrected chi connectivity index (χ2v) is 6.60. The number of hydrogen-bond donors (Lipinski definition) is 2. The summed E-state index contributed by atoms with van der Waals surface area (Å²) in [7, 11) is -2.09. The van der Waals surface area contributed by atoms with Gasteiger partial charge in [0.2, 0.25) is 6.79 Å². The van der Waals surface area contributed by atoms with Gasteiger partial charge in [0.05, 0.1) is 25.5 Å². The summed E-state index contributed by atoms with van der Waals surface area (Å²) in [5.74, 6) is 0.330. The van der Waals surface area contributed by atoms with Crippen molar-refractivity contribution in [3.8, 4) is 0 Å². The number of nitrogen functional groups attached to an aromatic ring is 1. The quantitative estimate of drug-likeness (QED) is 0.375. The molecule has 2 aromatic heterocycles. The number of nitrogens with one attached hydrogen (secondary N) is 1. The first-order valence-electron chi connectivity index (χ1n) is 8.64. The Morgan fingerprint density at radius 1 is 1.22 bits per heavy atom. The lowest BCUT2D eigenvalue weighted by atomic mass is 10.4. The van der Waals surface area contributed by atoms with E-state index in [9.17, 15) is 4.57 Å². The van der Waals surface area contributed by atoms with Gasteiger partial charge in [-0.25, -0.2) is 15.0 Å². The molecular formula is C15H26N6O5P+. The van der Waals surface area contributed by atoms with E-state index < -0.39 is 14.5 Å². The van der Waals surface area contributed by atoms with Gasteiger partial charge in [-0.3, -0.25) is 0 Å². The van der Waals surface area contributed by atoms with Crippen LogP contribution in [0.5, 0.6) is 0 Å². The van der Waals surface area contributed by atoms with Gasteiger partial charge in [0.25, 0.3) is 0 Å². The van der Waals surface area contributed by atoms with E-state index in [1.807, 2.05) is 25.3 Å². The number of rotatable bonds is 13. The molecule has 0 aliphatic carbocycles. The maximum Gasteiger partial charge on any atom is 0.615 e. The zero-order chi connectivity index (χ0) is 19.6. The van der Waals surface area contributed by atoms with Crippen molar-refractivity contribution in [2.45, 2.75) is 39.7 Å². The van der Waals surface area contributed by atoms with E-state index in [2.05, 4.69) is 20.0 Å². The van der Waals surface area contributed by atoms with E-state index in [1.165, 1.54) is 6.33 Å². The number of imidazole rings is 1. The van der Waals surface area contributed by atoms with Crippen molar-refractivity contribution in [2.24, 2.45) is 0 Å². The van der Waals surface area contributed by atoms with Crippen molar-refractivity contribution in [1.29, 1.82) is 0 Å². The first-order valence-corrected chi connectivity index (χ1v) is 9.82. The van der Waals surface area contributed by atoms with Crippen molar-refractivity contribution < 1.29 is 23.3 Å². The standard InChI is InChI=1S/C15H26N6O5P/c1-4-23-12(24-5-2)6-20-27(22)26-10-25-11(3)7-21-9-19-13-14(16)17-8-18-15(13)21/h8-9,11-12H,4-7,10H2,1-3H3,(H,20,22)(H2,16,17,18)/q+1/t11-/m1/s1. The Bertz CT molecular complexity index is 724. The van der Waals surface area contributed by atoms with Crippen LogP contribution in [0.25, 0.3) is 11.2 Å². The van der Waals surface area contributed by atoms with Gasteiger partial charge < -0.3 is 24.5 Å². The van der Waals surface area contributed by atoms with E-state index in [4.69, 9.17) is 24.5 Å². The topological polar surface area (TPSA) is 136 Å². The summed E-state index contributed by atoms with van der Waals surface area (Å²) in [6, 6.07) is 0. The molecule has 0 amide bonds. The molecule has 0 fully saturated rings. The molecule has 1 unspecified atom stereocenters. The van der Waals surface area contributed by atoms with Crippen LogP contribution in [0, 0.1) is 0 Å². The van der Waals surface area contributed by atoms with Crippen LogP contribution in [0.1, 0.15) is 20.8 Å². The van der Waals surface area contributed by atoms with Crippen LogP contribution in [0.15, 0.2) is 12.7 Å². The van der Waals surface area contributed by atoms with E-state index in [0.29, 0.717) is 36.7 Å². The Labute approximate surface area is 158 Å². The summed E-state index contributed by atoms with van der Waals surface area (Å²) in [6.45, 7) is 7.21. The van der Waals surface area contributed by atoms with Crippen LogP contribution < -0.4 is 10.8 Å². The van der Waals surface area contributed by atoms with Crippen molar-refractivity contribution in [3.63, 3.8) is 0 Å². The molecule has 150 valence electrons. The molecule has 0 bridgehead atoms. The monoisotopic (exact) mass is 401 g/mol. The zero-order valence-electron chi connectivity index (χ0n) is 15.7. The van der Waals surface area contributed by atoms with Crippen molar-refractivity contribution in [2.75, 3.05) is 32.3 Å². The molecule has 27 heavy (non-hydrogen) atoms. The third-order valence-corrected chi connectivity index (χ3v) is 4.28. The Kier molecular flexibility index (Phi) is 8.92. The van der Waals surface area contributed by atoms with Gasteiger partial charge in [0, 0.05) is 13.2 Å². The maximum absolute atomic E-state index is 11.8. The van der Waals surface area contributed by atoms with Gasteiger partial charge in [-0.2, -0.15) is 0 Å². The van der Waals surface area contributed by atoms with Gasteiger partial charge in [-0.15, -0.1) is 4.52 Å². The molecule has 0 aromatic carbocycles. The predicted octanol–water partition coefficient (Wildman–Crippen LogP) is 1.43. The Morgan fingerprint density at radius 3 is 2.67 bits per heavy atom. The number of nitrogens with zero attached hydrogens (tertiary/aromatic N) is 4. The van der Waals surface area contributed by atoms with Gasteiger partial charge in [-0.1, -0.05) is 5.09 Å². The highest BCUT2D eigenvalue weighted by Crippen LogP contribution is 2.18. The number of anilines is 1. The molecule has 0 radical (unpaired) electrons. The van der Waals surface area contributed by atoms with Gasteiger partial charge in [0.15, 0.2) is 17.8 Å². The van der Waals surface area contributed by atoms with Crippen LogP contribution in [0.4, 0.5) is 5.82 Å². The predicted molar refractivity (Wildman–Crippen MR) is 98.9 cm³/mol. The smallest absolute Gasteiger partial charge is 0.382 e. The van der Waals surface area contributed by atoms with E-state index in [0.717, 1.165) is 0 Å². The molecule has 0 spiro atoms. The second kappa shape index (κ2) is 11.2. The summed E-state index contributed by atoms with van der Waals surface area (Å²) in [4.78, 5) is 12.3. The van der Waals surface area contributed by atoms with E-state index in [1.54, 1.807) is 6.33 Å². The molecule has 0 saturated heterocycles. The Hall–Kier alpha value is -1.75. The molecule has 2 aromatic rings. The molecule has 11 nitrogen and oxygen atoms in total. The second-order valence-electron chi connectivity index (χ2n) is 5.51. The SMILES string of the molecule is CCOC(CN[P+](=O)OCO[C@H](C)Cn1cnc2c(N)ncnc21)OCC. The fourth-order valence-corrected chi connectivity index (χ4v) is 2.84. The first kappa shape index (κ1) is 21.5. The normalized spacial score (nSPS) is 13.4. The summed E-state index contributed by atoms with van der Waals surface area (Å²) in [5.41, 5.74) is 6.94. The van der Waals surface area contributed by atoms with Gasteiger partial charge in [-0.05, 0) is 25.3 Å². The zero-order valence-corrected chi connectivity index (χ0v) is 16.6. The summed E-state index contributed by atoms with van der Waals surface area (Å²) < 4.78 is 35.0. The minimum Gasteiger partial charge on any atom is -0.382 e. The van der Waals surface area contributed by atoms with Crippen LogP contribution in [-0.2, 0) is 29.8 Å². The number of hydrogen-bond acceptors (Lipinski definition) is 9. The fourth-order valence-electron chi connectivity index (χ4n) is 2.29. The third kappa shape index (κ3) is 6.73. The van der Waals surface area contributed by atoms with Crippen LogP contribution >= 0.6 is 8.18 Å². The van der Waals surface area contributed by atoms with Crippen molar-refractivity contribution in [1.82, 2.24) is 24.6 Å². The van der Waals surface area contributed by atoms with Crippen LogP contribution in [0.3, 0.4) is 0 Å². The molecule has 0 aliphatic heterocycles. The molecule has 3 N–H and O–H groups in total. The number of fused-ring (bicyclic) bond motifs is 1. The number of aromatic nitrogens is 4. The Balaban J connectivity index is 1.71. The minimum atomic E-state index is -2.09.